The summed E-state index contributed by atoms with van der Waals surface area (Å²) in [6, 6.07) is 31.7. The highest BCUT2D eigenvalue weighted by molar-refractivity contribution is 7.97. The van der Waals surface area contributed by atoms with Crippen molar-refractivity contribution >= 4 is 10.9 Å². The number of benzene rings is 3. The van der Waals surface area contributed by atoms with Gasteiger partial charge in [-0.1, -0.05) is 55.5 Å². The fraction of sp³-hybridized carbons (Fsp3) is 0.419. The van der Waals surface area contributed by atoms with E-state index in [1.165, 1.54) is 45.9 Å². The van der Waals surface area contributed by atoms with Gasteiger partial charge in [0.1, 0.15) is 0 Å². The molecule has 35 heavy (non-hydrogen) atoms. The maximum Gasteiger partial charge on any atom is 0.166 e. The Kier molecular flexibility index (Phi) is 8.59. The third-order valence-corrected chi connectivity index (χ3v) is 9.66. The summed E-state index contributed by atoms with van der Waals surface area (Å²) in [5.41, 5.74) is 1.36. The van der Waals surface area contributed by atoms with Crippen molar-refractivity contribution in [1.82, 2.24) is 4.90 Å². The SMILES string of the molecule is CC(COC1CCC(N2CCOCC2)CC1)c1ccc([S+](c2ccccc2)c2ccccc2)cc1. The quantitative estimate of drug-likeness (QED) is 0.336. The number of hydrogen-bond acceptors (Lipinski definition) is 3. The molecule has 1 saturated heterocycles. The first-order chi connectivity index (χ1) is 17.3. The van der Waals surface area contributed by atoms with Crippen LogP contribution in [-0.4, -0.2) is 50.0 Å². The molecule has 0 radical (unpaired) electrons. The molecule has 0 spiro atoms. The van der Waals surface area contributed by atoms with Gasteiger partial charge in [0.2, 0.25) is 0 Å². The van der Waals surface area contributed by atoms with E-state index in [0.29, 0.717) is 12.0 Å². The van der Waals surface area contributed by atoms with E-state index < -0.39 is 0 Å². The van der Waals surface area contributed by atoms with Crippen molar-refractivity contribution in [3.05, 3.63) is 90.5 Å². The molecule has 0 N–H and O–H groups in total. The second kappa shape index (κ2) is 12.2. The molecule has 2 aliphatic rings. The molecule has 0 amide bonds. The molecule has 4 heteroatoms. The zero-order valence-corrected chi connectivity index (χ0v) is 21.7. The van der Waals surface area contributed by atoms with Gasteiger partial charge in [-0.2, -0.15) is 0 Å². The highest BCUT2D eigenvalue weighted by Crippen LogP contribution is 2.32. The Hall–Kier alpha value is -2.11. The van der Waals surface area contributed by atoms with Gasteiger partial charge in [0.15, 0.2) is 14.7 Å². The van der Waals surface area contributed by atoms with Crippen molar-refractivity contribution in [2.24, 2.45) is 0 Å². The zero-order chi connectivity index (χ0) is 23.9. The molecule has 1 aliphatic heterocycles. The fourth-order valence-corrected chi connectivity index (χ4v) is 7.43. The van der Waals surface area contributed by atoms with Crippen LogP contribution in [-0.2, 0) is 20.4 Å². The molecule has 0 aromatic heterocycles. The molecule has 2 fully saturated rings. The number of hydrogen-bond donors (Lipinski definition) is 0. The summed E-state index contributed by atoms with van der Waals surface area (Å²) < 4.78 is 11.9. The lowest BCUT2D eigenvalue weighted by Crippen LogP contribution is -2.45. The topological polar surface area (TPSA) is 21.7 Å². The van der Waals surface area contributed by atoms with Gasteiger partial charge in [-0.15, -0.1) is 0 Å². The third kappa shape index (κ3) is 6.37. The minimum atomic E-state index is -0.0926. The summed E-state index contributed by atoms with van der Waals surface area (Å²) in [6.45, 7) is 7.07. The van der Waals surface area contributed by atoms with Crippen LogP contribution in [0, 0.1) is 0 Å². The molecule has 5 rings (SSSR count). The molecule has 3 nitrogen and oxygen atoms in total. The van der Waals surface area contributed by atoms with Gasteiger partial charge in [0, 0.05) is 25.0 Å². The summed E-state index contributed by atoms with van der Waals surface area (Å²) in [7, 11) is -0.0926. The Bertz CT molecular complexity index is 973. The van der Waals surface area contributed by atoms with Crippen LogP contribution < -0.4 is 0 Å². The summed E-state index contributed by atoms with van der Waals surface area (Å²) in [4.78, 5) is 6.70. The maximum absolute atomic E-state index is 6.41. The molecule has 1 atom stereocenters. The smallest absolute Gasteiger partial charge is 0.166 e. The number of rotatable bonds is 8. The monoisotopic (exact) mass is 488 g/mol. The first-order valence-corrected chi connectivity index (χ1v) is 14.4. The van der Waals surface area contributed by atoms with E-state index in [1.807, 2.05) is 0 Å². The van der Waals surface area contributed by atoms with Gasteiger partial charge >= 0.3 is 0 Å². The van der Waals surface area contributed by atoms with Crippen molar-refractivity contribution in [2.45, 2.75) is 65.4 Å². The minimum absolute atomic E-state index is 0.0926. The van der Waals surface area contributed by atoms with E-state index >= 15 is 0 Å². The fourth-order valence-electron chi connectivity index (χ4n) is 5.35. The van der Waals surface area contributed by atoms with Gasteiger partial charge in [-0.3, -0.25) is 4.90 Å². The van der Waals surface area contributed by atoms with Crippen LogP contribution in [0.5, 0.6) is 0 Å². The summed E-state index contributed by atoms with van der Waals surface area (Å²) >= 11 is 0. The van der Waals surface area contributed by atoms with Crippen LogP contribution in [0.2, 0.25) is 0 Å². The molecule has 3 aromatic carbocycles. The van der Waals surface area contributed by atoms with Gasteiger partial charge in [0.05, 0.1) is 36.8 Å². The van der Waals surface area contributed by atoms with Crippen LogP contribution in [0.4, 0.5) is 0 Å². The summed E-state index contributed by atoms with van der Waals surface area (Å²) in [5.74, 6) is 0.399. The van der Waals surface area contributed by atoms with E-state index in [0.717, 1.165) is 39.0 Å². The lowest BCUT2D eigenvalue weighted by molar-refractivity contribution is -0.0239. The van der Waals surface area contributed by atoms with Gasteiger partial charge in [0.25, 0.3) is 0 Å². The van der Waals surface area contributed by atoms with Crippen LogP contribution in [0.15, 0.2) is 99.6 Å². The molecule has 1 aliphatic carbocycles. The Morgan fingerprint density at radius 2 is 1.31 bits per heavy atom. The van der Waals surface area contributed by atoms with Gasteiger partial charge < -0.3 is 9.47 Å². The van der Waals surface area contributed by atoms with Crippen LogP contribution in [0.25, 0.3) is 0 Å². The summed E-state index contributed by atoms with van der Waals surface area (Å²) in [5, 5.41) is 0. The zero-order valence-electron chi connectivity index (χ0n) is 20.9. The van der Waals surface area contributed by atoms with Gasteiger partial charge in [-0.05, 0) is 67.6 Å². The first kappa shape index (κ1) is 24.6. The predicted molar refractivity (Wildman–Crippen MR) is 144 cm³/mol. The number of ether oxygens (including phenoxy) is 2. The molecule has 1 heterocycles. The van der Waals surface area contributed by atoms with Gasteiger partial charge in [-0.25, -0.2) is 0 Å². The predicted octanol–water partition coefficient (Wildman–Crippen LogP) is 6.55. The highest BCUT2D eigenvalue weighted by Gasteiger charge is 2.29. The molecule has 184 valence electrons. The lowest BCUT2D eigenvalue weighted by Gasteiger charge is -2.38. The molecular formula is C31H38NO2S+. The number of nitrogens with zero attached hydrogens (tertiary/aromatic N) is 1. The molecule has 0 bridgehead atoms. The van der Waals surface area contributed by atoms with Crippen molar-refractivity contribution in [1.29, 1.82) is 0 Å². The Balaban J connectivity index is 1.18. The van der Waals surface area contributed by atoms with Crippen molar-refractivity contribution in [3.63, 3.8) is 0 Å². The third-order valence-electron chi connectivity index (χ3n) is 7.43. The second-order valence-corrected chi connectivity index (χ2v) is 11.8. The van der Waals surface area contributed by atoms with E-state index in [-0.39, 0.29) is 10.9 Å². The molecule has 1 unspecified atom stereocenters. The van der Waals surface area contributed by atoms with E-state index in [4.69, 9.17) is 9.47 Å². The largest absolute Gasteiger partial charge is 0.379 e. The average Bonchev–Trinajstić information content (AvgIpc) is 2.94. The number of morpholine rings is 1. The molecule has 3 aromatic rings. The minimum Gasteiger partial charge on any atom is -0.379 e. The van der Waals surface area contributed by atoms with Crippen LogP contribution in [0.3, 0.4) is 0 Å². The van der Waals surface area contributed by atoms with Crippen LogP contribution >= 0.6 is 0 Å². The Morgan fingerprint density at radius 1 is 0.771 bits per heavy atom. The van der Waals surface area contributed by atoms with E-state index in [9.17, 15) is 0 Å². The lowest BCUT2D eigenvalue weighted by atomic mass is 9.91. The molecular weight excluding hydrogens is 450 g/mol. The van der Waals surface area contributed by atoms with Crippen molar-refractivity contribution in [2.75, 3.05) is 32.9 Å². The highest BCUT2D eigenvalue weighted by atomic mass is 32.2. The van der Waals surface area contributed by atoms with Crippen molar-refractivity contribution in [3.8, 4) is 0 Å². The van der Waals surface area contributed by atoms with Crippen LogP contribution in [0.1, 0.15) is 44.1 Å². The Labute approximate surface area is 213 Å². The normalized spacial score (nSPS) is 22.2. The van der Waals surface area contributed by atoms with E-state index in [2.05, 4.69) is 96.8 Å². The average molecular weight is 489 g/mol. The standard InChI is InChI=1S/C31H38NO2S/c1-25(24-34-28-16-14-27(15-17-28)32-20-22-33-23-21-32)26-12-18-31(19-13-26)35(29-8-4-2-5-9-29)30-10-6-3-7-11-30/h2-13,18-19,25,27-28H,14-17,20-24H2,1H3/q+1. The van der Waals surface area contributed by atoms with Crippen molar-refractivity contribution < 1.29 is 9.47 Å². The van der Waals surface area contributed by atoms with E-state index in [1.54, 1.807) is 0 Å². The summed E-state index contributed by atoms with van der Waals surface area (Å²) in [6.07, 6.45) is 5.30. The second-order valence-electron chi connectivity index (χ2n) is 9.81. The molecule has 1 saturated carbocycles. The first-order valence-electron chi connectivity index (χ1n) is 13.2. The Morgan fingerprint density at radius 3 is 1.89 bits per heavy atom. The maximum atomic E-state index is 6.41.